The first-order valence-corrected chi connectivity index (χ1v) is 7.81. The van der Waals surface area contributed by atoms with Crippen LogP contribution in [0.25, 0.3) is 0 Å². The van der Waals surface area contributed by atoms with Gasteiger partial charge in [-0.25, -0.2) is 0 Å². The van der Waals surface area contributed by atoms with Crippen molar-refractivity contribution in [1.82, 2.24) is 4.90 Å². The first kappa shape index (κ1) is 15.3. The van der Waals surface area contributed by atoms with Crippen LogP contribution < -0.4 is 5.73 Å². The van der Waals surface area contributed by atoms with Crippen LogP contribution in [0.5, 0.6) is 0 Å². The summed E-state index contributed by atoms with van der Waals surface area (Å²) >= 11 is 5.88. The summed E-state index contributed by atoms with van der Waals surface area (Å²) in [6.07, 6.45) is 4.61. The van der Waals surface area contributed by atoms with Crippen molar-refractivity contribution in [2.45, 2.75) is 38.6 Å². The van der Waals surface area contributed by atoms with Gasteiger partial charge in [0, 0.05) is 23.2 Å². The van der Waals surface area contributed by atoms with Crippen LogP contribution in [0.4, 0.5) is 0 Å². The monoisotopic (exact) mass is 294 g/mol. The van der Waals surface area contributed by atoms with E-state index in [0.29, 0.717) is 23.0 Å². The fourth-order valence-corrected chi connectivity index (χ4v) is 3.29. The summed E-state index contributed by atoms with van der Waals surface area (Å²) < 4.78 is 0. The van der Waals surface area contributed by atoms with Crippen LogP contribution in [-0.2, 0) is 0 Å². The molecule has 0 saturated heterocycles. The van der Waals surface area contributed by atoms with Crippen molar-refractivity contribution in [2.24, 2.45) is 11.7 Å². The molecule has 0 spiro atoms. The molecule has 0 radical (unpaired) electrons. The summed E-state index contributed by atoms with van der Waals surface area (Å²) in [6.45, 7) is 3.42. The number of rotatable bonds is 4. The number of benzene rings is 1. The van der Waals surface area contributed by atoms with Crippen molar-refractivity contribution < 1.29 is 4.79 Å². The van der Waals surface area contributed by atoms with Gasteiger partial charge in [0.25, 0.3) is 5.91 Å². The van der Waals surface area contributed by atoms with Gasteiger partial charge in [-0.1, -0.05) is 24.4 Å². The molecule has 1 saturated carbocycles. The summed E-state index contributed by atoms with van der Waals surface area (Å²) in [5.74, 6) is 0.523. The van der Waals surface area contributed by atoms with Gasteiger partial charge in [-0.2, -0.15) is 0 Å². The average molecular weight is 295 g/mol. The number of nitrogens with zero attached hydrogens (tertiary/aromatic N) is 1. The summed E-state index contributed by atoms with van der Waals surface area (Å²) in [5.41, 5.74) is 6.60. The summed E-state index contributed by atoms with van der Waals surface area (Å²) in [6, 6.07) is 7.41. The zero-order chi connectivity index (χ0) is 14.5. The molecule has 1 amide bonds. The lowest BCUT2D eigenvalue weighted by molar-refractivity contribution is 0.0560. The Hall–Kier alpha value is -1.06. The van der Waals surface area contributed by atoms with E-state index in [4.69, 9.17) is 17.3 Å². The molecular weight excluding hydrogens is 272 g/mol. The molecular formula is C16H23ClN2O. The zero-order valence-corrected chi connectivity index (χ0v) is 12.8. The van der Waals surface area contributed by atoms with Crippen LogP contribution in [0.15, 0.2) is 24.3 Å². The van der Waals surface area contributed by atoms with Gasteiger partial charge in [0.15, 0.2) is 0 Å². The highest BCUT2D eigenvalue weighted by molar-refractivity contribution is 6.30. The number of carbonyl (C=O) groups excluding carboxylic acids is 1. The van der Waals surface area contributed by atoms with Crippen LogP contribution in [0.3, 0.4) is 0 Å². The third-order valence-electron chi connectivity index (χ3n) is 4.26. The SMILES string of the molecule is CCN(C(=O)c1ccc(Cl)cc1)C1CCCCC1CN. The highest BCUT2D eigenvalue weighted by Crippen LogP contribution is 2.29. The number of hydrogen-bond acceptors (Lipinski definition) is 2. The highest BCUT2D eigenvalue weighted by Gasteiger charge is 2.31. The molecule has 1 aromatic rings. The standard InChI is InChI=1S/C16H23ClN2O/c1-2-19(15-6-4-3-5-13(15)11-18)16(20)12-7-9-14(17)10-8-12/h7-10,13,15H,2-6,11,18H2,1H3. The van der Waals surface area contributed by atoms with Crippen LogP contribution >= 0.6 is 11.6 Å². The van der Waals surface area contributed by atoms with Gasteiger partial charge < -0.3 is 10.6 Å². The Morgan fingerprint density at radius 2 is 1.95 bits per heavy atom. The number of nitrogens with two attached hydrogens (primary N) is 1. The molecule has 2 N–H and O–H groups in total. The average Bonchev–Trinajstić information content (AvgIpc) is 2.49. The summed E-state index contributed by atoms with van der Waals surface area (Å²) in [7, 11) is 0. The minimum absolute atomic E-state index is 0.0921. The fourth-order valence-electron chi connectivity index (χ4n) is 3.16. The van der Waals surface area contributed by atoms with Crippen molar-refractivity contribution in [2.75, 3.05) is 13.1 Å². The molecule has 1 aromatic carbocycles. The molecule has 0 aromatic heterocycles. The van der Waals surface area contributed by atoms with E-state index in [1.165, 1.54) is 12.8 Å². The van der Waals surface area contributed by atoms with Gasteiger partial charge in [-0.3, -0.25) is 4.79 Å². The third kappa shape index (κ3) is 3.33. The van der Waals surface area contributed by atoms with Crippen molar-refractivity contribution >= 4 is 17.5 Å². The second-order valence-electron chi connectivity index (χ2n) is 5.45. The predicted molar refractivity (Wildman–Crippen MR) is 83.0 cm³/mol. The second-order valence-corrected chi connectivity index (χ2v) is 5.88. The Morgan fingerprint density at radius 3 is 2.55 bits per heavy atom. The maximum absolute atomic E-state index is 12.7. The van der Waals surface area contributed by atoms with E-state index < -0.39 is 0 Å². The topological polar surface area (TPSA) is 46.3 Å². The Bertz CT molecular complexity index is 446. The molecule has 20 heavy (non-hydrogen) atoms. The normalized spacial score (nSPS) is 22.6. The molecule has 2 unspecified atom stereocenters. The van der Waals surface area contributed by atoms with E-state index in [-0.39, 0.29) is 11.9 Å². The molecule has 2 atom stereocenters. The fraction of sp³-hybridized carbons (Fsp3) is 0.562. The molecule has 0 heterocycles. The summed E-state index contributed by atoms with van der Waals surface area (Å²) in [5, 5.41) is 0.655. The Morgan fingerprint density at radius 1 is 1.30 bits per heavy atom. The largest absolute Gasteiger partial charge is 0.336 e. The Labute approximate surface area is 126 Å². The molecule has 0 bridgehead atoms. The number of halogens is 1. The van der Waals surface area contributed by atoms with Crippen molar-refractivity contribution in [3.63, 3.8) is 0 Å². The van der Waals surface area contributed by atoms with E-state index in [2.05, 4.69) is 0 Å². The first-order valence-electron chi connectivity index (χ1n) is 7.44. The molecule has 1 fully saturated rings. The van der Waals surface area contributed by atoms with Gasteiger partial charge >= 0.3 is 0 Å². The zero-order valence-electron chi connectivity index (χ0n) is 12.0. The van der Waals surface area contributed by atoms with Crippen molar-refractivity contribution in [3.05, 3.63) is 34.9 Å². The minimum Gasteiger partial charge on any atom is -0.336 e. The maximum atomic E-state index is 12.7. The maximum Gasteiger partial charge on any atom is 0.254 e. The quantitative estimate of drug-likeness (QED) is 0.926. The molecule has 0 aliphatic heterocycles. The van der Waals surface area contributed by atoms with Crippen LogP contribution in [-0.4, -0.2) is 29.9 Å². The molecule has 110 valence electrons. The van der Waals surface area contributed by atoms with Crippen LogP contribution in [0, 0.1) is 5.92 Å². The molecule has 3 nitrogen and oxygen atoms in total. The molecule has 4 heteroatoms. The van der Waals surface area contributed by atoms with Crippen LogP contribution in [0.1, 0.15) is 43.0 Å². The predicted octanol–water partition coefficient (Wildman–Crippen LogP) is 3.32. The number of carbonyl (C=O) groups is 1. The lowest BCUT2D eigenvalue weighted by Crippen LogP contribution is -2.48. The summed E-state index contributed by atoms with van der Waals surface area (Å²) in [4.78, 5) is 14.7. The highest BCUT2D eigenvalue weighted by atomic mass is 35.5. The smallest absolute Gasteiger partial charge is 0.254 e. The number of hydrogen-bond donors (Lipinski definition) is 1. The number of amides is 1. The van der Waals surface area contributed by atoms with Gasteiger partial charge in [0.1, 0.15) is 0 Å². The van der Waals surface area contributed by atoms with Crippen LogP contribution in [0.2, 0.25) is 5.02 Å². The minimum atomic E-state index is 0.0921. The Kier molecular flexibility index (Phi) is 5.44. The third-order valence-corrected chi connectivity index (χ3v) is 4.52. The Balaban J connectivity index is 2.17. The van der Waals surface area contributed by atoms with Gasteiger partial charge in [0.2, 0.25) is 0 Å². The van der Waals surface area contributed by atoms with Gasteiger partial charge in [-0.05, 0) is 56.5 Å². The van der Waals surface area contributed by atoms with E-state index in [1.54, 1.807) is 24.3 Å². The molecule has 1 aliphatic carbocycles. The van der Waals surface area contributed by atoms with E-state index >= 15 is 0 Å². The van der Waals surface area contributed by atoms with Gasteiger partial charge in [0.05, 0.1) is 0 Å². The lowest BCUT2D eigenvalue weighted by atomic mass is 9.83. The lowest BCUT2D eigenvalue weighted by Gasteiger charge is -2.39. The van der Waals surface area contributed by atoms with Crippen molar-refractivity contribution in [1.29, 1.82) is 0 Å². The molecule has 2 rings (SSSR count). The van der Waals surface area contributed by atoms with Crippen molar-refractivity contribution in [3.8, 4) is 0 Å². The van der Waals surface area contributed by atoms with E-state index in [1.807, 2.05) is 11.8 Å². The van der Waals surface area contributed by atoms with E-state index in [9.17, 15) is 4.79 Å². The first-order chi connectivity index (χ1) is 9.67. The van der Waals surface area contributed by atoms with E-state index in [0.717, 1.165) is 19.4 Å². The second kappa shape index (κ2) is 7.09. The van der Waals surface area contributed by atoms with Gasteiger partial charge in [-0.15, -0.1) is 0 Å². The molecule has 1 aliphatic rings.